The van der Waals surface area contributed by atoms with Crippen LogP contribution in [-0.4, -0.2) is 39.2 Å². The van der Waals surface area contributed by atoms with Crippen LogP contribution in [-0.2, 0) is 6.18 Å². The summed E-state index contributed by atoms with van der Waals surface area (Å²) in [6, 6.07) is 10.0. The van der Waals surface area contributed by atoms with Crippen molar-refractivity contribution in [2.75, 3.05) is 23.3 Å². The van der Waals surface area contributed by atoms with Crippen molar-refractivity contribution in [3.63, 3.8) is 0 Å². The average molecular weight is 416 g/mol. The van der Waals surface area contributed by atoms with E-state index in [1.807, 2.05) is 4.90 Å². The highest BCUT2D eigenvalue weighted by Gasteiger charge is 2.32. The van der Waals surface area contributed by atoms with Crippen molar-refractivity contribution < 1.29 is 18.0 Å². The molecule has 10 heteroatoms. The van der Waals surface area contributed by atoms with Crippen LogP contribution in [0.2, 0.25) is 0 Å². The van der Waals surface area contributed by atoms with Crippen LogP contribution in [0.5, 0.6) is 0 Å². The maximum atomic E-state index is 13.3. The van der Waals surface area contributed by atoms with Crippen LogP contribution in [0.4, 0.5) is 24.5 Å². The van der Waals surface area contributed by atoms with Gasteiger partial charge >= 0.3 is 6.18 Å². The zero-order valence-electron chi connectivity index (χ0n) is 15.9. The molecule has 2 aromatic carbocycles. The number of aromatic nitrogens is 4. The minimum atomic E-state index is -4.50. The molecular weight excluding hydrogens is 397 g/mol. The van der Waals surface area contributed by atoms with Gasteiger partial charge in [-0.3, -0.25) is 4.79 Å². The predicted molar refractivity (Wildman–Crippen MR) is 105 cm³/mol. The number of rotatable bonds is 4. The number of carbonyl (C=O) groups is 1. The first kappa shape index (κ1) is 19.9. The number of tetrazole rings is 1. The number of amides is 1. The summed E-state index contributed by atoms with van der Waals surface area (Å²) in [7, 11) is 0. The monoisotopic (exact) mass is 416 g/mol. The molecule has 0 spiro atoms. The fraction of sp³-hybridized carbons (Fsp3) is 0.300. The quantitative estimate of drug-likeness (QED) is 0.698. The second-order valence-electron chi connectivity index (χ2n) is 7.04. The molecule has 1 amide bonds. The van der Waals surface area contributed by atoms with Crippen LogP contribution < -0.4 is 10.2 Å². The number of piperidine rings is 1. The molecule has 7 nitrogen and oxygen atoms in total. The molecule has 1 aliphatic rings. The fourth-order valence-electron chi connectivity index (χ4n) is 3.49. The minimum absolute atomic E-state index is 0.143. The first-order valence-corrected chi connectivity index (χ1v) is 9.53. The molecule has 1 aromatic heterocycles. The molecule has 0 saturated carbocycles. The second-order valence-corrected chi connectivity index (χ2v) is 7.04. The third kappa shape index (κ3) is 4.27. The SMILES string of the molecule is O=C(Nc1cc(C(F)(F)F)ccc1N1CCCCC1)c1cccc(-n2cnnn2)c1. The van der Waals surface area contributed by atoms with E-state index in [2.05, 4.69) is 20.8 Å². The predicted octanol–water partition coefficient (Wildman–Crippen LogP) is 3.92. The molecule has 30 heavy (non-hydrogen) atoms. The van der Waals surface area contributed by atoms with E-state index in [1.54, 1.807) is 24.3 Å². The number of nitrogens with one attached hydrogen (secondary N) is 1. The van der Waals surface area contributed by atoms with E-state index in [0.717, 1.165) is 44.5 Å². The van der Waals surface area contributed by atoms with Crippen molar-refractivity contribution in [2.45, 2.75) is 25.4 Å². The van der Waals surface area contributed by atoms with E-state index in [-0.39, 0.29) is 11.3 Å². The molecule has 156 valence electrons. The van der Waals surface area contributed by atoms with Gasteiger partial charge in [0.2, 0.25) is 0 Å². The lowest BCUT2D eigenvalue weighted by atomic mass is 10.1. The summed E-state index contributed by atoms with van der Waals surface area (Å²) in [6.45, 7) is 1.48. The average Bonchev–Trinajstić information content (AvgIpc) is 3.29. The maximum Gasteiger partial charge on any atom is 0.416 e. The van der Waals surface area contributed by atoms with E-state index < -0.39 is 17.6 Å². The van der Waals surface area contributed by atoms with E-state index in [9.17, 15) is 18.0 Å². The van der Waals surface area contributed by atoms with Gasteiger partial charge in [-0.15, -0.1) is 5.10 Å². The standard InChI is InChI=1S/C20H19F3N6O/c21-20(22,23)15-7-8-18(28-9-2-1-3-10-28)17(12-15)25-19(30)14-5-4-6-16(11-14)29-13-24-26-27-29/h4-8,11-13H,1-3,9-10H2,(H,25,30). The molecule has 3 aromatic rings. The van der Waals surface area contributed by atoms with Crippen molar-refractivity contribution in [3.8, 4) is 5.69 Å². The number of alkyl halides is 3. The lowest BCUT2D eigenvalue weighted by Gasteiger charge is -2.31. The van der Waals surface area contributed by atoms with Crippen molar-refractivity contribution in [3.05, 3.63) is 59.9 Å². The van der Waals surface area contributed by atoms with Gasteiger partial charge < -0.3 is 10.2 Å². The largest absolute Gasteiger partial charge is 0.416 e. The molecule has 0 unspecified atom stereocenters. The Bertz CT molecular complexity index is 1030. The first-order chi connectivity index (χ1) is 14.4. The maximum absolute atomic E-state index is 13.3. The Kier molecular flexibility index (Phi) is 5.39. The topological polar surface area (TPSA) is 75.9 Å². The molecule has 1 fully saturated rings. The normalized spacial score (nSPS) is 14.6. The van der Waals surface area contributed by atoms with Gasteiger partial charge in [0.15, 0.2) is 0 Å². The third-order valence-electron chi connectivity index (χ3n) is 4.99. The van der Waals surface area contributed by atoms with Gasteiger partial charge in [-0.05, 0) is 66.1 Å². The summed E-state index contributed by atoms with van der Waals surface area (Å²) in [5.41, 5.74) is 0.774. The first-order valence-electron chi connectivity index (χ1n) is 9.53. The Hall–Kier alpha value is -3.43. The highest BCUT2D eigenvalue weighted by Crippen LogP contribution is 2.36. The van der Waals surface area contributed by atoms with Crippen molar-refractivity contribution in [1.82, 2.24) is 20.2 Å². The summed E-state index contributed by atoms with van der Waals surface area (Å²) in [5, 5.41) is 13.6. The molecule has 2 heterocycles. The van der Waals surface area contributed by atoms with Gasteiger partial charge in [0, 0.05) is 18.7 Å². The van der Waals surface area contributed by atoms with Crippen LogP contribution >= 0.6 is 0 Å². The lowest BCUT2D eigenvalue weighted by molar-refractivity contribution is -0.137. The number of hydrogen-bond donors (Lipinski definition) is 1. The molecule has 0 aliphatic carbocycles. The van der Waals surface area contributed by atoms with Gasteiger partial charge in [-0.2, -0.15) is 13.2 Å². The Balaban J connectivity index is 1.65. The Morgan fingerprint density at radius 3 is 2.53 bits per heavy atom. The Labute approximate surface area is 170 Å². The number of carbonyl (C=O) groups excluding carboxylic acids is 1. The highest BCUT2D eigenvalue weighted by atomic mass is 19.4. The van der Waals surface area contributed by atoms with Crippen molar-refractivity contribution >= 4 is 17.3 Å². The Morgan fingerprint density at radius 1 is 1.03 bits per heavy atom. The zero-order valence-corrected chi connectivity index (χ0v) is 15.9. The van der Waals surface area contributed by atoms with E-state index in [4.69, 9.17) is 0 Å². The number of hydrogen-bond acceptors (Lipinski definition) is 5. The molecule has 0 radical (unpaired) electrons. The van der Waals surface area contributed by atoms with Crippen LogP contribution in [0.25, 0.3) is 5.69 Å². The van der Waals surface area contributed by atoms with E-state index in [1.165, 1.54) is 17.1 Å². The minimum Gasteiger partial charge on any atom is -0.370 e. The highest BCUT2D eigenvalue weighted by molar-refractivity contribution is 6.06. The van der Waals surface area contributed by atoms with E-state index >= 15 is 0 Å². The summed E-state index contributed by atoms with van der Waals surface area (Å²) in [4.78, 5) is 14.9. The summed E-state index contributed by atoms with van der Waals surface area (Å²) in [5.74, 6) is -0.512. The summed E-state index contributed by atoms with van der Waals surface area (Å²) >= 11 is 0. The van der Waals surface area contributed by atoms with Crippen molar-refractivity contribution in [2.24, 2.45) is 0 Å². The number of halogens is 3. The zero-order chi connectivity index (χ0) is 21.1. The van der Waals surface area contributed by atoms with E-state index in [0.29, 0.717) is 11.4 Å². The molecule has 0 bridgehead atoms. The van der Waals surface area contributed by atoms with Gasteiger partial charge in [-0.1, -0.05) is 6.07 Å². The molecule has 0 atom stereocenters. The molecular formula is C20H19F3N6O. The van der Waals surface area contributed by atoms with Crippen LogP contribution in [0.15, 0.2) is 48.8 Å². The molecule has 1 saturated heterocycles. The van der Waals surface area contributed by atoms with Crippen LogP contribution in [0.3, 0.4) is 0 Å². The third-order valence-corrected chi connectivity index (χ3v) is 4.99. The number of anilines is 2. The van der Waals surface area contributed by atoms with Crippen molar-refractivity contribution in [1.29, 1.82) is 0 Å². The smallest absolute Gasteiger partial charge is 0.370 e. The molecule has 1 N–H and O–H groups in total. The fourth-order valence-corrected chi connectivity index (χ4v) is 3.49. The van der Waals surface area contributed by atoms with Gasteiger partial charge in [0.25, 0.3) is 5.91 Å². The van der Waals surface area contributed by atoms with Gasteiger partial charge in [-0.25, -0.2) is 4.68 Å². The number of benzene rings is 2. The van der Waals surface area contributed by atoms with Crippen LogP contribution in [0.1, 0.15) is 35.2 Å². The number of nitrogens with zero attached hydrogens (tertiary/aromatic N) is 5. The second kappa shape index (κ2) is 8.13. The van der Waals surface area contributed by atoms with Crippen LogP contribution in [0, 0.1) is 0 Å². The molecule has 1 aliphatic heterocycles. The van der Waals surface area contributed by atoms with Gasteiger partial charge in [0.1, 0.15) is 6.33 Å². The lowest BCUT2D eigenvalue weighted by Crippen LogP contribution is -2.30. The van der Waals surface area contributed by atoms with Gasteiger partial charge in [0.05, 0.1) is 22.6 Å². The Morgan fingerprint density at radius 2 is 1.83 bits per heavy atom. The molecule has 4 rings (SSSR count). The summed E-state index contributed by atoms with van der Waals surface area (Å²) < 4.78 is 41.2. The summed E-state index contributed by atoms with van der Waals surface area (Å²) in [6.07, 6.45) is -0.105.